The highest BCUT2D eigenvalue weighted by Gasteiger charge is 2.41. The molecule has 0 aromatic heterocycles. The summed E-state index contributed by atoms with van der Waals surface area (Å²) in [6.45, 7) is 0. The van der Waals surface area contributed by atoms with Crippen LogP contribution >= 0.6 is 0 Å². The summed E-state index contributed by atoms with van der Waals surface area (Å²) in [4.78, 5) is 37.5. The van der Waals surface area contributed by atoms with Crippen molar-refractivity contribution in [3.63, 3.8) is 0 Å². The number of amides is 3. The molecule has 3 aromatic carbocycles. The third-order valence-corrected chi connectivity index (χ3v) is 4.88. The zero-order chi connectivity index (χ0) is 22.8. The van der Waals surface area contributed by atoms with Gasteiger partial charge in [0.05, 0.1) is 11.3 Å². The molecule has 0 aliphatic carbocycles. The second kappa shape index (κ2) is 8.19. The van der Waals surface area contributed by atoms with Crippen molar-refractivity contribution >= 4 is 45.7 Å². The standard InChI is InChI=1S/C22H18N6O4/c23-19-17(22(32)28(27-19)14-8-2-1-3-9-14)18(20(24)30)25-26-21(31)15-10-12-6-4-5-7-13(12)11-16(15)29/h1-11,17,29H,(H2,23,27)(H2,24,30)(H,26,31)/b25-18+/t17-/m1/s1. The van der Waals surface area contributed by atoms with E-state index in [4.69, 9.17) is 11.5 Å². The van der Waals surface area contributed by atoms with E-state index in [9.17, 15) is 19.5 Å². The Morgan fingerprint density at radius 3 is 2.31 bits per heavy atom. The molecule has 1 atom stereocenters. The molecule has 160 valence electrons. The minimum Gasteiger partial charge on any atom is -0.507 e. The Morgan fingerprint density at radius 1 is 1.03 bits per heavy atom. The fourth-order valence-electron chi connectivity index (χ4n) is 3.33. The van der Waals surface area contributed by atoms with E-state index < -0.39 is 29.4 Å². The van der Waals surface area contributed by atoms with Gasteiger partial charge in [-0.05, 0) is 35.0 Å². The van der Waals surface area contributed by atoms with Crippen LogP contribution < -0.4 is 21.9 Å². The summed E-state index contributed by atoms with van der Waals surface area (Å²) >= 11 is 0. The van der Waals surface area contributed by atoms with E-state index in [1.54, 1.807) is 54.6 Å². The Morgan fingerprint density at radius 2 is 1.66 bits per heavy atom. The zero-order valence-corrected chi connectivity index (χ0v) is 16.6. The number of para-hydroxylation sites is 1. The number of fused-ring (bicyclic) bond motifs is 1. The molecule has 0 spiro atoms. The van der Waals surface area contributed by atoms with Crippen LogP contribution in [-0.4, -0.2) is 34.4 Å². The fraction of sp³-hybridized carbons (Fsp3) is 0.0455. The van der Waals surface area contributed by atoms with Gasteiger partial charge in [-0.25, -0.2) is 5.43 Å². The number of hydrogen-bond donors (Lipinski definition) is 4. The molecule has 0 saturated heterocycles. The second-order valence-electron chi connectivity index (χ2n) is 6.96. The minimum absolute atomic E-state index is 0.0680. The molecule has 0 radical (unpaired) electrons. The van der Waals surface area contributed by atoms with E-state index in [1.807, 2.05) is 0 Å². The number of nitrogens with one attached hydrogen (secondary N) is 1. The number of aromatic hydroxyl groups is 1. The lowest BCUT2D eigenvalue weighted by Crippen LogP contribution is -2.43. The van der Waals surface area contributed by atoms with Gasteiger partial charge >= 0.3 is 0 Å². The molecule has 1 aliphatic heterocycles. The first kappa shape index (κ1) is 20.5. The SMILES string of the molecule is NC(=O)/C(=N/NC(=O)c1cc2ccccc2cc1O)[C@H]1C(=O)N(c2ccccc2)N=C1N. The van der Waals surface area contributed by atoms with Gasteiger partial charge < -0.3 is 16.6 Å². The number of phenols is 1. The maximum Gasteiger partial charge on any atom is 0.275 e. The van der Waals surface area contributed by atoms with E-state index in [-0.39, 0.29) is 17.1 Å². The van der Waals surface area contributed by atoms with Crippen molar-refractivity contribution in [3.8, 4) is 5.75 Å². The number of primary amides is 1. The Bertz CT molecular complexity index is 1300. The van der Waals surface area contributed by atoms with Gasteiger partial charge in [-0.3, -0.25) is 14.4 Å². The molecule has 0 fully saturated rings. The van der Waals surface area contributed by atoms with Crippen molar-refractivity contribution in [3.05, 3.63) is 72.3 Å². The molecule has 1 aliphatic rings. The summed E-state index contributed by atoms with van der Waals surface area (Å²) in [6, 6.07) is 18.5. The number of amidine groups is 1. The van der Waals surface area contributed by atoms with E-state index in [2.05, 4.69) is 15.6 Å². The number of hydrazone groups is 2. The van der Waals surface area contributed by atoms with Gasteiger partial charge in [-0.2, -0.15) is 15.2 Å². The molecule has 0 saturated carbocycles. The van der Waals surface area contributed by atoms with Gasteiger partial charge in [0.15, 0.2) is 0 Å². The van der Waals surface area contributed by atoms with Crippen molar-refractivity contribution in [2.24, 2.45) is 27.6 Å². The van der Waals surface area contributed by atoms with Crippen molar-refractivity contribution in [2.45, 2.75) is 0 Å². The van der Waals surface area contributed by atoms with Crippen LogP contribution in [0.3, 0.4) is 0 Å². The van der Waals surface area contributed by atoms with Crippen molar-refractivity contribution in [1.29, 1.82) is 0 Å². The average molecular weight is 430 g/mol. The largest absolute Gasteiger partial charge is 0.507 e. The maximum atomic E-state index is 12.9. The van der Waals surface area contributed by atoms with E-state index in [0.29, 0.717) is 5.69 Å². The van der Waals surface area contributed by atoms with Gasteiger partial charge in [-0.15, -0.1) is 0 Å². The highest BCUT2D eigenvalue weighted by atomic mass is 16.3. The van der Waals surface area contributed by atoms with Gasteiger partial charge in [-0.1, -0.05) is 42.5 Å². The van der Waals surface area contributed by atoms with E-state index >= 15 is 0 Å². The van der Waals surface area contributed by atoms with Crippen LogP contribution in [0.2, 0.25) is 0 Å². The predicted octanol–water partition coefficient (Wildman–Crippen LogP) is 1.05. The number of nitrogens with two attached hydrogens (primary N) is 2. The van der Waals surface area contributed by atoms with E-state index in [0.717, 1.165) is 15.8 Å². The molecule has 1 heterocycles. The minimum atomic E-state index is -1.36. The fourth-order valence-corrected chi connectivity index (χ4v) is 3.33. The molecule has 0 bridgehead atoms. The average Bonchev–Trinajstić information content (AvgIpc) is 3.08. The van der Waals surface area contributed by atoms with Crippen LogP contribution in [0.5, 0.6) is 5.75 Å². The topological polar surface area (TPSA) is 163 Å². The van der Waals surface area contributed by atoms with Crippen molar-refractivity contribution in [1.82, 2.24) is 5.43 Å². The van der Waals surface area contributed by atoms with Crippen molar-refractivity contribution in [2.75, 3.05) is 5.01 Å². The third kappa shape index (κ3) is 3.72. The lowest BCUT2D eigenvalue weighted by molar-refractivity contribution is -0.119. The summed E-state index contributed by atoms with van der Waals surface area (Å²) in [5.41, 5.74) is 13.3. The van der Waals surface area contributed by atoms with Crippen LogP contribution in [0.4, 0.5) is 5.69 Å². The summed E-state index contributed by atoms with van der Waals surface area (Å²) in [5.74, 6) is -4.33. The Labute approximate surface area is 181 Å². The molecular formula is C22H18N6O4. The highest BCUT2D eigenvalue weighted by Crippen LogP contribution is 2.25. The predicted molar refractivity (Wildman–Crippen MR) is 119 cm³/mol. The summed E-state index contributed by atoms with van der Waals surface area (Å²) in [7, 11) is 0. The lowest BCUT2D eigenvalue weighted by atomic mass is 10.0. The number of carbonyl (C=O) groups is 3. The first-order valence-electron chi connectivity index (χ1n) is 9.49. The third-order valence-electron chi connectivity index (χ3n) is 4.88. The van der Waals surface area contributed by atoms with Crippen LogP contribution in [0.1, 0.15) is 10.4 Å². The molecule has 3 amide bonds. The quantitative estimate of drug-likeness (QED) is 0.351. The zero-order valence-electron chi connectivity index (χ0n) is 16.6. The summed E-state index contributed by atoms with van der Waals surface area (Å²) in [6.07, 6.45) is 0. The molecular weight excluding hydrogens is 412 g/mol. The molecule has 10 nitrogen and oxygen atoms in total. The number of nitrogens with zero attached hydrogens (tertiary/aromatic N) is 3. The number of anilines is 1. The summed E-state index contributed by atoms with van der Waals surface area (Å²) < 4.78 is 0. The molecule has 4 rings (SSSR count). The van der Waals surface area contributed by atoms with Crippen LogP contribution in [0, 0.1) is 5.92 Å². The van der Waals surface area contributed by atoms with Gasteiger partial charge in [0.1, 0.15) is 23.2 Å². The number of benzene rings is 3. The molecule has 3 aromatic rings. The van der Waals surface area contributed by atoms with Gasteiger partial charge in [0.2, 0.25) is 0 Å². The normalized spacial score (nSPS) is 16.2. The Balaban J connectivity index is 1.61. The highest BCUT2D eigenvalue weighted by molar-refractivity contribution is 6.49. The van der Waals surface area contributed by atoms with Crippen molar-refractivity contribution < 1.29 is 19.5 Å². The Hall–Kier alpha value is -4.73. The number of phenolic OH excluding ortho intramolecular Hbond substituents is 1. The Kier molecular flexibility index (Phi) is 5.25. The smallest absolute Gasteiger partial charge is 0.275 e. The van der Waals surface area contributed by atoms with Crippen LogP contribution in [0.25, 0.3) is 10.8 Å². The lowest BCUT2D eigenvalue weighted by Gasteiger charge is -2.14. The number of carbonyl (C=O) groups excluding carboxylic acids is 3. The van der Waals surface area contributed by atoms with Crippen LogP contribution in [-0.2, 0) is 9.59 Å². The first-order chi connectivity index (χ1) is 15.4. The monoisotopic (exact) mass is 430 g/mol. The number of hydrogen-bond acceptors (Lipinski definition) is 7. The molecule has 10 heteroatoms. The first-order valence-corrected chi connectivity index (χ1v) is 9.49. The second-order valence-corrected chi connectivity index (χ2v) is 6.96. The maximum absolute atomic E-state index is 12.9. The van der Waals surface area contributed by atoms with E-state index in [1.165, 1.54) is 12.1 Å². The molecule has 0 unspecified atom stereocenters. The molecule has 32 heavy (non-hydrogen) atoms. The van der Waals surface area contributed by atoms with Gasteiger partial charge in [0.25, 0.3) is 17.7 Å². The van der Waals surface area contributed by atoms with Crippen LogP contribution in [0.15, 0.2) is 76.9 Å². The summed E-state index contributed by atoms with van der Waals surface area (Å²) in [5, 5.41) is 20.5. The van der Waals surface area contributed by atoms with Gasteiger partial charge in [0, 0.05) is 0 Å². The number of rotatable bonds is 5. The molecule has 6 N–H and O–H groups in total.